The first kappa shape index (κ1) is 15.1. The molecule has 8 heteroatoms. The Morgan fingerprint density at radius 2 is 2.05 bits per heavy atom. The van der Waals surface area contributed by atoms with Crippen LogP contribution in [0.15, 0.2) is 18.2 Å². The molecule has 3 rings (SSSR count). The van der Waals surface area contributed by atoms with Crippen molar-refractivity contribution < 1.29 is 9.59 Å². The van der Waals surface area contributed by atoms with Crippen LogP contribution in [0.1, 0.15) is 10.5 Å². The first-order valence-electron chi connectivity index (χ1n) is 6.87. The highest BCUT2D eigenvalue weighted by molar-refractivity contribution is 7.19. The molecule has 1 aliphatic heterocycles. The average Bonchev–Trinajstić information content (AvgIpc) is 3.12. The number of carbonyl (C=O) groups excluding carboxylic acids is 2. The van der Waals surface area contributed by atoms with Gasteiger partial charge < -0.3 is 9.80 Å². The summed E-state index contributed by atoms with van der Waals surface area (Å²) in [6.45, 7) is 2.20. The molecule has 1 saturated heterocycles. The predicted molar refractivity (Wildman–Crippen MR) is 85.1 cm³/mol. The van der Waals surface area contributed by atoms with E-state index in [0.717, 1.165) is 17.0 Å². The first-order chi connectivity index (χ1) is 10.6. The molecule has 1 aliphatic rings. The molecule has 0 aliphatic carbocycles. The van der Waals surface area contributed by atoms with E-state index < -0.39 is 0 Å². The molecule has 2 amide bonds. The molecule has 0 unspecified atom stereocenters. The number of amides is 2. The highest BCUT2D eigenvalue weighted by Crippen LogP contribution is 2.31. The van der Waals surface area contributed by atoms with Gasteiger partial charge in [0, 0.05) is 33.2 Å². The number of nitrogens with zero attached hydrogens (tertiary/aromatic N) is 4. The van der Waals surface area contributed by atoms with Crippen LogP contribution in [0.2, 0.25) is 4.34 Å². The molecular weight excluding hydrogens is 324 g/mol. The number of rotatable bonds is 3. The van der Waals surface area contributed by atoms with Crippen LogP contribution in [0.3, 0.4) is 0 Å². The summed E-state index contributed by atoms with van der Waals surface area (Å²) in [6.07, 6.45) is 0.821. The van der Waals surface area contributed by atoms with Gasteiger partial charge in [0.1, 0.15) is 0 Å². The number of hydrogen-bond acceptors (Lipinski definition) is 4. The number of aryl methyl sites for hydroxylation is 1. The van der Waals surface area contributed by atoms with Crippen LogP contribution >= 0.6 is 22.9 Å². The second-order valence-corrected chi connectivity index (χ2v) is 6.79. The normalized spacial score (nSPS) is 15.2. The van der Waals surface area contributed by atoms with Gasteiger partial charge in [0.15, 0.2) is 5.69 Å². The molecule has 0 bridgehead atoms. The topological polar surface area (TPSA) is 58.4 Å². The summed E-state index contributed by atoms with van der Waals surface area (Å²) in [5.41, 5.74) is 1.29. The lowest BCUT2D eigenvalue weighted by molar-refractivity contribution is -0.119. The van der Waals surface area contributed by atoms with Crippen molar-refractivity contribution in [2.75, 3.05) is 26.2 Å². The smallest absolute Gasteiger partial charge is 0.274 e. The van der Waals surface area contributed by atoms with E-state index in [1.54, 1.807) is 20.5 Å². The summed E-state index contributed by atoms with van der Waals surface area (Å²) < 4.78 is 2.39. The molecule has 0 N–H and O–H groups in total. The Morgan fingerprint density at radius 3 is 2.64 bits per heavy atom. The molecule has 0 spiro atoms. The van der Waals surface area contributed by atoms with Crippen molar-refractivity contribution in [2.45, 2.75) is 0 Å². The van der Waals surface area contributed by atoms with E-state index in [1.807, 2.05) is 19.2 Å². The van der Waals surface area contributed by atoms with Gasteiger partial charge in [0.2, 0.25) is 6.41 Å². The van der Waals surface area contributed by atoms with E-state index in [2.05, 4.69) is 5.10 Å². The van der Waals surface area contributed by atoms with Gasteiger partial charge in [-0.2, -0.15) is 5.10 Å². The van der Waals surface area contributed by atoms with E-state index in [-0.39, 0.29) is 5.91 Å². The number of thiophene rings is 1. The van der Waals surface area contributed by atoms with Crippen molar-refractivity contribution in [3.63, 3.8) is 0 Å². The standard InChI is InChI=1S/C14H15ClN4O2S/c1-17-11(12-2-3-13(15)22-12)8-10(16-17)14(21)19-6-4-18(9-20)5-7-19/h2-3,8-9H,4-7H2,1H3. The van der Waals surface area contributed by atoms with Crippen LogP contribution < -0.4 is 0 Å². The van der Waals surface area contributed by atoms with Gasteiger partial charge in [-0.15, -0.1) is 11.3 Å². The molecule has 22 heavy (non-hydrogen) atoms. The maximum absolute atomic E-state index is 12.5. The molecule has 3 heterocycles. The Balaban J connectivity index is 1.78. The van der Waals surface area contributed by atoms with Gasteiger partial charge in [-0.25, -0.2) is 0 Å². The van der Waals surface area contributed by atoms with E-state index in [1.165, 1.54) is 11.3 Å². The number of aromatic nitrogens is 2. The quantitative estimate of drug-likeness (QED) is 0.801. The number of piperazine rings is 1. The van der Waals surface area contributed by atoms with Crippen molar-refractivity contribution in [1.82, 2.24) is 19.6 Å². The minimum atomic E-state index is -0.102. The van der Waals surface area contributed by atoms with Crippen molar-refractivity contribution >= 4 is 35.3 Å². The van der Waals surface area contributed by atoms with Crippen molar-refractivity contribution in [2.24, 2.45) is 7.05 Å². The highest BCUT2D eigenvalue weighted by atomic mass is 35.5. The van der Waals surface area contributed by atoms with Crippen molar-refractivity contribution in [1.29, 1.82) is 0 Å². The Morgan fingerprint density at radius 1 is 1.32 bits per heavy atom. The van der Waals surface area contributed by atoms with Crippen molar-refractivity contribution in [3.05, 3.63) is 28.2 Å². The van der Waals surface area contributed by atoms with Gasteiger partial charge in [0.25, 0.3) is 5.91 Å². The molecule has 0 atom stereocenters. The fourth-order valence-corrected chi connectivity index (χ4v) is 3.54. The second-order valence-electron chi connectivity index (χ2n) is 5.08. The molecule has 0 saturated carbocycles. The monoisotopic (exact) mass is 338 g/mol. The summed E-state index contributed by atoms with van der Waals surface area (Å²) in [5, 5.41) is 4.32. The Bertz CT molecular complexity index is 704. The summed E-state index contributed by atoms with van der Waals surface area (Å²) >= 11 is 7.41. The minimum absolute atomic E-state index is 0.102. The lowest BCUT2D eigenvalue weighted by atomic mass is 10.2. The fourth-order valence-electron chi connectivity index (χ4n) is 2.45. The fraction of sp³-hybridized carbons (Fsp3) is 0.357. The third-order valence-electron chi connectivity index (χ3n) is 3.68. The lowest BCUT2D eigenvalue weighted by Crippen LogP contribution is -2.48. The summed E-state index contributed by atoms with van der Waals surface area (Å²) in [4.78, 5) is 27.6. The summed E-state index contributed by atoms with van der Waals surface area (Å²) in [6, 6.07) is 5.53. The largest absolute Gasteiger partial charge is 0.342 e. The maximum Gasteiger partial charge on any atom is 0.274 e. The molecule has 116 valence electrons. The van der Waals surface area contributed by atoms with Crippen LogP contribution in [0.4, 0.5) is 0 Å². The SMILES string of the molecule is Cn1nc(C(=O)N2CCN(C=O)CC2)cc1-c1ccc(Cl)s1. The molecule has 6 nitrogen and oxygen atoms in total. The first-order valence-corrected chi connectivity index (χ1v) is 8.06. The van der Waals surface area contributed by atoms with Crippen molar-refractivity contribution in [3.8, 4) is 10.6 Å². The number of halogens is 1. The average molecular weight is 339 g/mol. The number of hydrogen-bond donors (Lipinski definition) is 0. The molecule has 0 radical (unpaired) electrons. The Labute approximate surface area is 136 Å². The molecule has 2 aromatic heterocycles. The number of carbonyl (C=O) groups is 2. The molecule has 0 aromatic carbocycles. The summed E-state index contributed by atoms with van der Waals surface area (Å²) in [7, 11) is 1.81. The minimum Gasteiger partial charge on any atom is -0.342 e. The van der Waals surface area contributed by atoms with Crippen LogP contribution in [0.25, 0.3) is 10.6 Å². The van der Waals surface area contributed by atoms with E-state index >= 15 is 0 Å². The van der Waals surface area contributed by atoms with E-state index in [9.17, 15) is 9.59 Å². The highest BCUT2D eigenvalue weighted by Gasteiger charge is 2.24. The van der Waals surface area contributed by atoms with Crippen LogP contribution in [-0.2, 0) is 11.8 Å². The van der Waals surface area contributed by atoms with Gasteiger partial charge in [0.05, 0.1) is 14.9 Å². The van der Waals surface area contributed by atoms with Gasteiger partial charge in [-0.3, -0.25) is 14.3 Å². The second kappa shape index (κ2) is 6.10. The molecular formula is C14H15ClN4O2S. The van der Waals surface area contributed by atoms with E-state index in [0.29, 0.717) is 36.2 Å². The van der Waals surface area contributed by atoms with Crippen LogP contribution in [0, 0.1) is 0 Å². The zero-order chi connectivity index (χ0) is 15.7. The third-order valence-corrected chi connectivity index (χ3v) is 4.93. The predicted octanol–water partition coefficient (Wildman–Crippen LogP) is 1.72. The maximum atomic E-state index is 12.5. The zero-order valence-corrected chi connectivity index (χ0v) is 13.6. The zero-order valence-electron chi connectivity index (χ0n) is 12.0. The summed E-state index contributed by atoms with van der Waals surface area (Å²) in [5.74, 6) is -0.102. The van der Waals surface area contributed by atoms with E-state index in [4.69, 9.17) is 11.6 Å². The Kier molecular flexibility index (Phi) is 4.17. The third kappa shape index (κ3) is 2.86. The van der Waals surface area contributed by atoms with Crippen LogP contribution in [0.5, 0.6) is 0 Å². The van der Waals surface area contributed by atoms with Gasteiger partial charge >= 0.3 is 0 Å². The van der Waals surface area contributed by atoms with Gasteiger partial charge in [-0.1, -0.05) is 11.6 Å². The van der Waals surface area contributed by atoms with Gasteiger partial charge in [-0.05, 0) is 18.2 Å². The lowest BCUT2D eigenvalue weighted by Gasteiger charge is -2.32. The van der Waals surface area contributed by atoms with Crippen LogP contribution in [-0.4, -0.2) is 58.1 Å². The molecule has 1 fully saturated rings. The Hall–Kier alpha value is -1.86. The molecule has 2 aromatic rings.